The Bertz CT molecular complexity index is 441. The number of hydrogen-bond acceptors (Lipinski definition) is 3. The second kappa shape index (κ2) is 7.69. The lowest BCUT2D eigenvalue weighted by Gasteiger charge is -2.30. The average molecular weight is 278 g/mol. The fraction of sp³-hybridized carbons (Fsp3) is 0.625. The number of rotatable bonds is 4. The maximum atomic E-state index is 8.67. The Labute approximate surface area is 119 Å². The Balaban J connectivity index is 1.85. The molecular weight excluding hydrogens is 256 g/mol. The van der Waals surface area contributed by atoms with E-state index in [9.17, 15) is 0 Å². The predicted molar refractivity (Wildman–Crippen MR) is 79.1 cm³/mol. The van der Waals surface area contributed by atoms with Gasteiger partial charge in [0, 0.05) is 4.88 Å². The molecule has 0 saturated heterocycles. The van der Waals surface area contributed by atoms with Gasteiger partial charge < -0.3 is 9.84 Å². The molecule has 3 heteroatoms. The van der Waals surface area contributed by atoms with Crippen LogP contribution in [0.15, 0.2) is 12.1 Å². The largest absolute Gasteiger partial charge is 0.384 e. The highest BCUT2D eigenvalue weighted by Gasteiger charge is 2.24. The van der Waals surface area contributed by atoms with E-state index in [0.717, 1.165) is 10.8 Å². The molecule has 0 aromatic carbocycles. The van der Waals surface area contributed by atoms with Gasteiger partial charge in [-0.25, -0.2) is 0 Å². The SMILES string of the molecule is CCC1CCCCC1OCc1ccc(C#CCO)s1. The summed E-state index contributed by atoms with van der Waals surface area (Å²) in [4.78, 5) is 2.23. The van der Waals surface area contributed by atoms with Crippen LogP contribution in [0.3, 0.4) is 0 Å². The molecule has 1 saturated carbocycles. The van der Waals surface area contributed by atoms with E-state index in [1.54, 1.807) is 11.3 Å². The first kappa shape index (κ1) is 14.6. The summed E-state index contributed by atoms with van der Waals surface area (Å²) in [5.41, 5.74) is 0. The van der Waals surface area contributed by atoms with Gasteiger partial charge in [0.05, 0.1) is 17.6 Å². The summed E-state index contributed by atoms with van der Waals surface area (Å²) < 4.78 is 6.10. The number of hydrogen-bond donors (Lipinski definition) is 1. The summed E-state index contributed by atoms with van der Waals surface area (Å²) in [7, 11) is 0. The van der Waals surface area contributed by atoms with Crippen LogP contribution in [-0.4, -0.2) is 17.8 Å². The van der Waals surface area contributed by atoms with Gasteiger partial charge in [-0.15, -0.1) is 11.3 Å². The number of ether oxygens (including phenoxy) is 1. The molecule has 0 bridgehead atoms. The molecule has 2 unspecified atom stereocenters. The minimum absolute atomic E-state index is 0.0794. The third-order valence-electron chi connectivity index (χ3n) is 3.76. The highest BCUT2D eigenvalue weighted by Crippen LogP contribution is 2.30. The Kier molecular flexibility index (Phi) is 5.91. The summed E-state index contributed by atoms with van der Waals surface area (Å²) in [6.07, 6.45) is 6.85. The summed E-state index contributed by atoms with van der Waals surface area (Å²) >= 11 is 1.66. The van der Waals surface area contributed by atoms with Crippen molar-refractivity contribution in [2.75, 3.05) is 6.61 Å². The van der Waals surface area contributed by atoms with Gasteiger partial charge in [0.25, 0.3) is 0 Å². The maximum absolute atomic E-state index is 8.67. The van der Waals surface area contributed by atoms with Crippen molar-refractivity contribution in [1.82, 2.24) is 0 Å². The van der Waals surface area contributed by atoms with E-state index in [1.807, 2.05) is 6.07 Å². The van der Waals surface area contributed by atoms with Gasteiger partial charge in [-0.1, -0.05) is 38.0 Å². The Morgan fingerprint density at radius 2 is 2.21 bits per heavy atom. The lowest BCUT2D eigenvalue weighted by Crippen LogP contribution is -2.26. The zero-order chi connectivity index (χ0) is 13.5. The van der Waals surface area contributed by atoms with Gasteiger partial charge in [0.15, 0.2) is 0 Å². The highest BCUT2D eigenvalue weighted by molar-refractivity contribution is 7.12. The van der Waals surface area contributed by atoms with Crippen molar-refractivity contribution in [3.63, 3.8) is 0 Å². The minimum atomic E-state index is -0.0794. The second-order valence-corrected chi connectivity index (χ2v) is 6.20. The van der Waals surface area contributed by atoms with E-state index in [0.29, 0.717) is 12.7 Å². The molecule has 1 aliphatic rings. The van der Waals surface area contributed by atoms with Gasteiger partial charge in [-0.05, 0) is 30.9 Å². The van der Waals surface area contributed by atoms with Crippen LogP contribution in [0.5, 0.6) is 0 Å². The first-order valence-corrected chi connectivity index (χ1v) is 7.95. The van der Waals surface area contributed by atoms with Crippen molar-refractivity contribution in [1.29, 1.82) is 0 Å². The molecule has 2 rings (SSSR count). The zero-order valence-corrected chi connectivity index (χ0v) is 12.3. The van der Waals surface area contributed by atoms with Crippen LogP contribution >= 0.6 is 11.3 Å². The third kappa shape index (κ3) is 4.35. The number of aliphatic hydroxyl groups is 1. The molecule has 0 aliphatic heterocycles. The van der Waals surface area contributed by atoms with Gasteiger partial charge in [0.1, 0.15) is 6.61 Å². The van der Waals surface area contributed by atoms with E-state index < -0.39 is 0 Å². The Morgan fingerprint density at radius 1 is 1.37 bits per heavy atom. The highest BCUT2D eigenvalue weighted by atomic mass is 32.1. The molecular formula is C16H22O2S. The first-order valence-electron chi connectivity index (χ1n) is 7.13. The molecule has 1 fully saturated rings. The third-order valence-corrected chi connectivity index (χ3v) is 4.73. The summed E-state index contributed by atoms with van der Waals surface area (Å²) in [6, 6.07) is 4.08. The molecule has 0 radical (unpaired) electrons. The van der Waals surface area contributed by atoms with E-state index in [-0.39, 0.29) is 6.61 Å². The van der Waals surface area contributed by atoms with E-state index in [1.165, 1.54) is 37.0 Å². The van der Waals surface area contributed by atoms with Crippen molar-refractivity contribution in [3.05, 3.63) is 21.9 Å². The molecule has 1 aliphatic carbocycles. The summed E-state index contributed by atoms with van der Waals surface area (Å²) in [6.45, 7) is 2.89. The average Bonchev–Trinajstić information content (AvgIpc) is 2.91. The smallest absolute Gasteiger partial charge is 0.104 e. The van der Waals surface area contributed by atoms with E-state index in [2.05, 4.69) is 24.8 Å². The van der Waals surface area contributed by atoms with Gasteiger partial charge in [-0.3, -0.25) is 0 Å². The topological polar surface area (TPSA) is 29.5 Å². The van der Waals surface area contributed by atoms with Crippen molar-refractivity contribution >= 4 is 11.3 Å². The van der Waals surface area contributed by atoms with Gasteiger partial charge >= 0.3 is 0 Å². The fourth-order valence-electron chi connectivity index (χ4n) is 2.70. The molecule has 104 valence electrons. The molecule has 2 atom stereocenters. The molecule has 1 aromatic rings. The lowest BCUT2D eigenvalue weighted by molar-refractivity contribution is -0.0211. The molecule has 2 nitrogen and oxygen atoms in total. The molecule has 1 aromatic heterocycles. The van der Waals surface area contributed by atoms with E-state index >= 15 is 0 Å². The molecule has 1 N–H and O–H groups in total. The number of aliphatic hydroxyl groups excluding tert-OH is 1. The van der Waals surface area contributed by atoms with Crippen LogP contribution in [0, 0.1) is 17.8 Å². The number of thiophene rings is 1. The van der Waals surface area contributed by atoms with Gasteiger partial charge in [0.2, 0.25) is 0 Å². The van der Waals surface area contributed by atoms with Crippen LogP contribution in [0.25, 0.3) is 0 Å². The maximum Gasteiger partial charge on any atom is 0.104 e. The van der Waals surface area contributed by atoms with Crippen LogP contribution in [0.4, 0.5) is 0 Å². The Hall–Kier alpha value is -0.820. The zero-order valence-electron chi connectivity index (χ0n) is 11.5. The van der Waals surface area contributed by atoms with Crippen molar-refractivity contribution < 1.29 is 9.84 Å². The monoisotopic (exact) mass is 278 g/mol. The molecule has 0 spiro atoms. The van der Waals surface area contributed by atoms with Crippen molar-refractivity contribution in [3.8, 4) is 11.8 Å². The predicted octanol–water partition coefficient (Wildman–Crippen LogP) is 3.58. The van der Waals surface area contributed by atoms with Crippen LogP contribution in [0.2, 0.25) is 0 Å². The minimum Gasteiger partial charge on any atom is -0.384 e. The Morgan fingerprint density at radius 3 is 3.00 bits per heavy atom. The summed E-state index contributed by atoms with van der Waals surface area (Å²) in [5, 5.41) is 8.67. The fourth-order valence-corrected chi connectivity index (χ4v) is 3.50. The molecule has 1 heterocycles. The normalized spacial score (nSPS) is 22.8. The van der Waals surface area contributed by atoms with Crippen molar-refractivity contribution in [2.24, 2.45) is 5.92 Å². The van der Waals surface area contributed by atoms with Gasteiger partial charge in [-0.2, -0.15) is 0 Å². The standard InChI is InChI=1S/C16H22O2S/c1-2-13-6-3-4-8-16(13)18-12-15-10-9-14(19-15)7-5-11-17/h9-10,13,16-17H,2-4,6,8,11-12H2,1H3. The van der Waals surface area contributed by atoms with E-state index in [4.69, 9.17) is 9.84 Å². The lowest BCUT2D eigenvalue weighted by atomic mass is 9.85. The summed E-state index contributed by atoms with van der Waals surface area (Å²) in [5.74, 6) is 6.35. The second-order valence-electron chi connectivity index (χ2n) is 5.03. The quantitative estimate of drug-likeness (QED) is 0.853. The molecule has 0 amide bonds. The van der Waals surface area contributed by atoms with Crippen LogP contribution in [0.1, 0.15) is 48.8 Å². The molecule has 19 heavy (non-hydrogen) atoms. The van der Waals surface area contributed by atoms with Crippen LogP contribution < -0.4 is 0 Å². The van der Waals surface area contributed by atoms with Crippen LogP contribution in [-0.2, 0) is 11.3 Å². The van der Waals surface area contributed by atoms with Crippen molar-refractivity contribution in [2.45, 2.75) is 51.7 Å². The first-order chi connectivity index (χ1) is 9.33.